The lowest BCUT2D eigenvalue weighted by Crippen LogP contribution is -2.20. The molecule has 0 bridgehead atoms. The Morgan fingerprint density at radius 2 is 2.00 bits per heavy atom. The zero-order chi connectivity index (χ0) is 14.0. The molecule has 4 nitrogen and oxygen atoms in total. The van der Waals surface area contributed by atoms with Crippen molar-refractivity contribution < 1.29 is 4.79 Å². The third-order valence-corrected chi connectivity index (χ3v) is 3.05. The molecule has 1 aromatic heterocycles. The molecule has 0 spiro atoms. The molecule has 1 amide bonds. The van der Waals surface area contributed by atoms with Gasteiger partial charge in [0.1, 0.15) is 0 Å². The van der Waals surface area contributed by atoms with Crippen LogP contribution in [0.25, 0.3) is 0 Å². The second kappa shape index (κ2) is 5.28. The van der Waals surface area contributed by atoms with E-state index in [1.807, 2.05) is 13.0 Å². The number of amides is 1. The summed E-state index contributed by atoms with van der Waals surface area (Å²) in [6.45, 7) is 1.92. The first-order valence-corrected chi connectivity index (χ1v) is 6.09. The molecule has 98 valence electrons. The summed E-state index contributed by atoms with van der Waals surface area (Å²) in [5.41, 5.74) is 1.61. The van der Waals surface area contributed by atoms with E-state index in [2.05, 4.69) is 5.32 Å². The second-order valence-electron chi connectivity index (χ2n) is 4.30. The summed E-state index contributed by atoms with van der Waals surface area (Å²) in [5, 5.41) is 3.15. The summed E-state index contributed by atoms with van der Waals surface area (Å²) in [5.74, 6) is -0.358. The van der Waals surface area contributed by atoms with Gasteiger partial charge in [-0.1, -0.05) is 17.7 Å². The molecular formula is C14H13ClN2O2. The first-order chi connectivity index (χ1) is 8.97. The molecule has 0 fully saturated rings. The van der Waals surface area contributed by atoms with Crippen LogP contribution in [-0.4, -0.2) is 10.5 Å². The number of aromatic nitrogens is 1. The van der Waals surface area contributed by atoms with E-state index in [0.717, 1.165) is 5.56 Å². The molecule has 0 aliphatic heterocycles. The van der Waals surface area contributed by atoms with Gasteiger partial charge in [0.05, 0.1) is 10.7 Å². The SMILES string of the molecule is Cc1ccc(NC(=O)c2ccn(C)c(=O)c2)c(Cl)c1. The van der Waals surface area contributed by atoms with Crippen LogP contribution in [0.4, 0.5) is 5.69 Å². The Morgan fingerprint density at radius 3 is 2.63 bits per heavy atom. The highest BCUT2D eigenvalue weighted by Gasteiger charge is 2.09. The molecule has 0 aliphatic carbocycles. The van der Waals surface area contributed by atoms with E-state index >= 15 is 0 Å². The topological polar surface area (TPSA) is 51.1 Å². The molecule has 1 heterocycles. The van der Waals surface area contributed by atoms with Crippen molar-refractivity contribution in [2.45, 2.75) is 6.92 Å². The van der Waals surface area contributed by atoms with E-state index in [-0.39, 0.29) is 11.5 Å². The number of halogens is 1. The van der Waals surface area contributed by atoms with Crippen LogP contribution >= 0.6 is 11.6 Å². The molecule has 2 aromatic rings. The fourth-order valence-corrected chi connectivity index (χ4v) is 1.89. The minimum atomic E-state index is -0.358. The fourth-order valence-electron chi connectivity index (χ4n) is 1.61. The first-order valence-electron chi connectivity index (χ1n) is 5.71. The number of carbonyl (C=O) groups is 1. The number of carbonyl (C=O) groups excluding carboxylic acids is 1. The van der Waals surface area contributed by atoms with Crippen LogP contribution in [0, 0.1) is 6.92 Å². The minimum absolute atomic E-state index is 0.234. The van der Waals surface area contributed by atoms with Crippen molar-refractivity contribution in [3.63, 3.8) is 0 Å². The monoisotopic (exact) mass is 276 g/mol. The van der Waals surface area contributed by atoms with Crippen LogP contribution in [0.1, 0.15) is 15.9 Å². The van der Waals surface area contributed by atoms with E-state index in [1.165, 1.54) is 10.6 Å². The van der Waals surface area contributed by atoms with Crippen molar-refractivity contribution >= 4 is 23.2 Å². The molecule has 0 saturated carbocycles. The van der Waals surface area contributed by atoms with Crippen LogP contribution in [0.3, 0.4) is 0 Å². The number of anilines is 1. The molecule has 0 unspecified atom stereocenters. The number of nitrogens with zero attached hydrogens (tertiary/aromatic N) is 1. The average Bonchev–Trinajstić information content (AvgIpc) is 2.36. The number of hydrogen-bond acceptors (Lipinski definition) is 2. The molecule has 5 heteroatoms. The number of aryl methyl sites for hydroxylation is 2. The summed E-state index contributed by atoms with van der Waals surface area (Å²) < 4.78 is 1.40. The van der Waals surface area contributed by atoms with E-state index in [0.29, 0.717) is 16.3 Å². The first kappa shape index (κ1) is 13.4. The number of rotatable bonds is 2. The van der Waals surface area contributed by atoms with Gasteiger partial charge in [0.2, 0.25) is 0 Å². The van der Waals surface area contributed by atoms with Crippen molar-refractivity contribution in [1.29, 1.82) is 0 Å². The van der Waals surface area contributed by atoms with Crippen LogP contribution in [0.15, 0.2) is 41.3 Å². The Kier molecular flexibility index (Phi) is 3.71. The van der Waals surface area contributed by atoms with Crippen molar-refractivity contribution in [3.8, 4) is 0 Å². The van der Waals surface area contributed by atoms with Gasteiger partial charge < -0.3 is 9.88 Å². The lowest BCUT2D eigenvalue weighted by molar-refractivity contribution is 0.102. The Morgan fingerprint density at radius 1 is 1.26 bits per heavy atom. The fraction of sp³-hybridized carbons (Fsp3) is 0.143. The predicted molar refractivity (Wildman–Crippen MR) is 75.8 cm³/mol. The van der Waals surface area contributed by atoms with Crippen molar-refractivity contribution in [1.82, 2.24) is 4.57 Å². The van der Waals surface area contributed by atoms with Gasteiger partial charge in [-0.3, -0.25) is 9.59 Å². The summed E-state index contributed by atoms with van der Waals surface area (Å²) in [7, 11) is 1.63. The Labute approximate surface area is 115 Å². The van der Waals surface area contributed by atoms with Gasteiger partial charge in [-0.15, -0.1) is 0 Å². The molecule has 19 heavy (non-hydrogen) atoms. The molecule has 1 aromatic carbocycles. The third-order valence-electron chi connectivity index (χ3n) is 2.74. The predicted octanol–water partition coefficient (Wildman–Crippen LogP) is 2.60. The van der Waals surface area contributed by atoms with Gasteiger partial charge in [-0.25, -0.2) is 0 Å². The Hall–Kier alpha value is -2.07. The maximum absolute atomic E-state index is 12.0. The lowest BCUT2D eigenvalue weighted by atomic mass is 10.2. The highest BCUT2D eigenvalue weighted by molar-refractivity contribution is 6.34. The minimum Gasteiger partial charge on any atom is -0.321 e. The van der Waals surface area contributed by atoms with Gasteiger partial charge >= 0.3 is 0 Å². The van der Waals surface area contributed by atoms with Gasteiger partial charge in [-0.2, -0.15) is 0 Å². The number of nitrogens with one attached hydrogen (secondary N) is 1. The maximum Gasteiger partial charge on any atom is 0.255 e. The normalized spacial score (nSPS) is 10.3. The largest absolute Gasteiger partial charge is 0.321 e. The maximum atomic E-state index is 12.0. The van der Waals surface area contributed by atoms with E-state index in [9.17, 15) is 9.59 Å². The summed E-state index contributed by atoms with van der Waals surface area (Å²) in [4.78, 5) is 23.5. The molecule has 0 atom stereocenters. The van der Waals surface area contributed by atoms with E-state index in [4.69, 9.17) is 11.6 Å². The molecule has 0 aliphatic rings. The average molecular weight is 277 g/mol. The van der Waals surface area contributed by atoms with Crippen LogP contribution in [0.5, 0.6) is 0 Å². The van der Waals surface area contributed by atoms with Gasteiger partial charge in [-0.05, 0) is 30.7 Å². The Balaban J connectivity index is 2.25. The highest BCUT2D eigenvalue weighted by atomic mass is 35.5. The lowest BCUT2D eigenvalue weighted by Gasteiger charge is -2.08. The smallest absolute Gasteiger partial charge is 0.255 e. The summed E-state index contributed by atoms with van der Waals surface area (Å²) >= 11 is 6.04. The van der Waals surface area contributed by atoms with E-state index < -0.39 is 0 Å². The van der Waals surface area contributed by atoms with Crippen LogP contribution < -0.4 is 10.9 Å². The zero-order valence-electron chi connectivity index (χ0n) is 10.6. The summed E-state index contributed by atoms with van der Waals surface area (Å²) in [6, 6.07) is 8.22. The molecule has 0 radical (unpaired) electrons. The van der Waals surface area contributed by atoms with Crippen molar-refractivity contribution in [2.75, 3.05) is 5.32 Å². The number of pyridine rings is 1. The van der Waals surface area contributed by atoms with E-state index in [1.54, 1.807) is 31.4 Å². The molecular weight excluding hydrogens is 264 g/mol. The second-order valence-corrected chi connectivity index (χ2v) is 4.71. The molecule has 2 rings (SSSR count). The standard InChI is InChI=1S/C14H13ClN2O2/c1-9-3-4-12(11(15)7-9)16-14(19)10-5-6-17(2)13(18)8-10/h3-8H,1-2H3,(H,16,19). The van der Waals surface area contributed by atoms with Crippen molar-refractivity contribution in [2.24, 2.45) is 7.05 Å². The molecule has 1 N–H and O–H groups in total. The number of benzene rings is 1. The van der Waals surface area contributed by atoms with Gasteiger partial charge in [0.25, 0.3) is 11.5 Å². The van der Waals surface area contributed by atoms with Crippen LogP contribution in [-0.2, 0) is 7.05 Å². The van der Waals surface area contributed by atoms with Crippen molar-refractivity contribution in [3.05, 3.63) is 63.0 Å². The third kappa shape index (κ3) is 3.03. The molecule has 0 saturated heterocycles. The Bertz CT molecular complexity index is 692. The summed E-state index contributed by atoms with van der Waals surface area (Å²) in [6.07, 6.45) is 1.55. The quantitative estimate of drug-likeness (QED) is 0.917. The zero-order valence-corrected chi connectivity index (χ0v) is 11.4. The highest BCUT2D eigenvalue weighted by Crippen LogP contribution is 2.23. The van der Waals surface area contributed by atoms with Crippen LogP contribution in [0.2, 0.25) is 5.02 Å². The number of hydrogen-bond donors (Lipinski definition) is 1. The van der Waals surface area contributed by atoms with Gasteiger partial charge in [0.15, 0.2) is 0 Å². The van der Waals surface area contributed by atoms with Gasteiger partial charge in [0, 0.05) is 24.9 Å².